The summed E-state index contributed by atoms with van der Waals surface area (Å²) in [4.78, 5) is 14.7. The molecule has 1 saturated carbocycles. The second-order valence-electron chi connectivity index (χ2n) is 5.09. The Balaban J connectivity index is 2.19. The Labute approximate surface area is 128 Å². The molecule has 4 heteroatoms. The number of carbonyl (C=O) groups excluding carboxylic acids is 1. The molecule has 104 valence electrons. The van der Waals surface area contributed by atoms with Gasteiger partial charge in [0.25, 0.3) is 5.91 Å². The van der Waals surface area contributed by atoms with Crippen LogP contribution in [-0.2, 0) is 0 Å². The van der Waals surface area contributed by atoms with E-state index in [4.69, 9.17) is 11.6 Å². The second kappa shape index (κ2) is 6.76. The Morgan fingerprint density at radius 2 is 2.21 bits per heavy atom. The molecule has 0 saturated heterocycles. The average Bonchev–Trinajstić information content (AvgIpc) is 2.34. The molecule has 0 spiro atoms. The summed E-state index contributed by atoms with van der Waals surface area (Å²) in [5.74, 6) is 0.752. The highest BCUT2D eigenvalue weighted by molar-refractivity contribution is 9.10. The van der Waals surface area contributed by atoms with Crippen LogP contribution in [0.25, 0.3) is 0 Å². The second-order valence-corrected chi connectivity index (χ2v) is 6.38. The molecular weight excluding hydrogens is 326 g/mol. The molecule has 0 unspecified atom stereocenters. The topological polar surface area (TPSA) is 20.3 Å². The van der Waals surface area contributed by atoms with Crippen molar-refractivity contribution in [3.05, 3.63) is 33.8 Å². The molecule has 1 amide bonds. The maximum Gasteiger partial charge on any atom is 0.254 e. The van der Waals surface area contributed by atoms with Crippen molar-refractivity contribution in [2.75, 3.05) is 12.4 Å². The number of benzene rings is 1. The van der Waals surface area contributed by atoms with Crippen molar-refractivity contribution < 1.29 is 4.79 Å². The molecular formula is C15H19BrClNO. The Bertz CT molecular complexity index is 459. The Morgan fingerprint density at radius 3 is 2.79 bits per heavy atom. The van der Waals surface area contributed by atoms with Gasteiger partial charge in [-0.15, -0.1) is 11.6 Å². The van der Waals surface area contributed by atoms with E-state index in [0.717, 1.165) is 41.4 Å². The van der Waals surface area contributed by atoms with E-state index in [1.165, 1.54) is 6.42 Å². The van der Waals surface area contributed by atoms with Crippen LogP contribution in [0, 0.1) is 6.92 Å². The van der Waals surface area contributed by atoms with Gasteiger partial charge >= 0.3 is 0 Å². The first-order valence-electron chi connectivity index (χ1n) is 6.76. The molecule has 1 aliphatic carbocycles. The third-order valence-corrected chi connectivity index (χ3v) is 4.50. The first kappa shape index (κ1) is 14.9. The third-order valence-electron chi connectivity index (χ3n) is 3.74. The average molecular weight is 345 g/mol. The number of carbonyl (C=O) groups is 1. The standard InChI is InChI=1S/C15H19BrClNO/c1-11-6-7-12(16)10-14(11)15(19)18(9-3-8-17)13-4-2-5-13/h6-7,10,13H,2-5,8-9H2,1H3. The number of halogens is 2. The van der Waals surface area contributed by atoms with Crippen LogP contribution in [0.1, 0.15) is 41.6 Å². The van der Waals surface area contributed by atoms with Crippen molar-refractivity contribution in [3.8, 4) is 0 Å². The van der Waals surface area contributed by atoms with E-state index in [1.807, 2.05) is 30.0 Å². The normalized spacial score (nSPS) is 15.1. The lowest BCUT2D eigenvalue weighted by atomic mass is 9.90. The summed E-state index contributed by atoms with van der Waals surface area (Å²) in [7, 11) is 0. The maximum atomic E-state index is 12.7. The van der Waals surface area contributed by atoms with Gasteiger partial charge in [0.2, 0.25) is 0 Å². The molecule has 19 heavy (non-hydrogen) atoms. The monoisotopic (exact) mass is 343 g/mol. The number of rotatable bonds is 5. The SMILES string of the molecule is Cc1ccc(Br)cc1C(=O)N(CCCCl)C1CCC1. The smallest absolute Gasteiger partial charge is 0.254 e. The lowest BCUT2D eigenvalue weighted by Crippen LogP contribution is -2.45. The van der Waals surface area contributed by atoms with Crippen molar-refractivity contribution in [2.24, 2.45) is 0 Å². The van der Waals surface area contributed by atoms with Crippen LogP contribution in [0.5, 0.6) is 0 Å². The van der Waals surface area contributed by atoms with Crippen LogP contribution in [0.15, 0.2) is 22.7 Å². The molecule has 0 heterocycles. The number of amides is 1. The van der Waals surface area contributed by atoms with Crippen molar-refractivity contribution >= 4 is 33.4 Å². The number of alkyl halides is 1. The number of hydrogen-bond acceptors (Lipinski definition) is 1. The molecule has 0 bridgehead atoms. The van der Waals surface area contributed by atoms with Crippen LogP contribution in [0.2, 0.25) is 0 Å². The fraction of sp³-hybridized carbons (Fsp3) is 0.533. The third kappa shape index (κ3) is 3.51. The van der Waals surface area contributed by atoms with Gasteiger partial charge in [-0.1, -0.05) is 22.0 Å². The molecule has 0 atom stereocenters. The zero-order valence-electron chi connectivity index (χ0n) is 11.2. The minimum Gasteiger partial charge on any atom is -0.336 e. The molecule has 2 nitrogen and oxygen atoms in total. The predicted octanol–water partition coefficient (Wildman–Crippen LogP) is 4.38. The molecule has 1 aromatic rings. The predicted molar refractivity (Wildman–Crippen MR) is 82.9 cm³/mol. The van der Waals surface area contributed by atoms with Crippen LogP contribution < -0.4 is 0 Å². The molecule has 1 aliphatic rings. The molecule has 1 fully saturated rings. The van der Waals surface area contributed by atoms with Gasteiger partial charge in [0.15, 0.2) is 0 Å². The number of nitrogens with zero attached hydrogens (tertiary/aromatic N) is 1. The first-order valence-corrected chi connectivity index (χ1v) is 8.09. The van der Waals surface area contributed by atoms with Gasteiger partial charge in [0.05, 0.1) is 0 Å². The van der Waals surface area contributed by atoms with Crippen LogP contribution >= 0.6 is 27.5 Å². The Hall–Kier alpha value is -0.540. The summed E-state index contributed by atoms with van der Waals surface area (Å²) in [5, 5.41) is 0. The fourth-order valence-corrected chi connectivity index (χ4v) is 2.84. The van der Waals surface area contributed by atoms with E-state index in [9.17, 15) is 4.79 Å². The molecule has 0 N–H and O–H groups in total. The minimum atomic E-state index is 0.147. The van der Waals surface area contributed by atoms with E-state index in [-0.39, 0.29) is 5.91 Å². The minimum absolute atomic E-state index is 0.147. The quantitative estimate of drug-likeness (QED) is 0.726. The Kier molecular flexibility index (Phi) is 5.28. The van der Waals surface area contributed by atoms with E-state index >= 15 is 0 Å². The van der Waals surface area contributed by atoms with Gasteiger partial charge < -0.3 is 4.90 Å². The number of hydrogen-bond donors (Lipinski definition) is 0. The van der Waals surface area contributed by atoms with Crippen LogP contribution in [0.4, 0.5) is 0 Å². The summed E-state index contributed by atoms with van der Waals surface area (Å²) >= 11 is 9.22. The lowest BCUT2D eigenvalue weighted by Gasteiger charge is -2.38. The molecule has 0 aromatic heterocycles. The van der Waals surface area contributed by atoms with Gasteiger partial charge in [-0.05, 0) is 50.3 Å². The van der Waals surface area contributed by atoms with Crippen LogP contribution in [-0.4, -0.2) is 29.3 Å². The first-order chi connectivity index (χ1) is 9.13. The Morgan fingerprint density at radius 1 is 1.47 bits per heavy atom. The summed E-state index contributed by atoms with van der Waals surface area (Å²) in [5.41, 5.74) is 1.83. The summed E-state index contributed by atoms with van der Waals surface area (Å²) < 4.78 is 0.951. The largest absolute Gasteiger partial charge is 0.336 e. The van der Waals surface area contributed by atoms with E-state index in [1.54, 1.807) is 0 Å². The van der Waals surface area contributed by atoms with Gasteiger partial charge in [0, 0.05) is 28.5 Å². The van der Waals surface area contributed by atoms with Gasteiger partial charge in [-0.3, -0.25) is 4.79 Å². The zero-order chi connectivity index (χ0) is 13.8. The molecule has 2 rings (SSSR count). The van der Waals surface area contributed by atoms with Crippen molar-refractivity contribution in [2.45, 2.75) is 38.6 Å². The number of aryl methyl sites for hydroxylation is 1. The zero-order valence-corrected chi connectivity index (χ0v) is 13.5. The summed E-state index contributed by atoms with van der Waals surface area (Å²) in [6.07, 6.45) is 4.34. The highest BCUT2D eigenvalue weighted by Gasteiger charge is 2.29. The van der Waals surface area contributed by atoms with E-state index < -0.39 is 0 Å². The fourth-order valence-electron chi connectivity index (χ4n) is 2.36. The molecule has 0 radical (unpaired) electrons. The van der Waals surface area contributed by atoms with Crippen molar-refractivity contribution in [1.29, 1.82) is 0 Å². The van der Waals surface area contributed by atoms with Gasteiger partial charge in [0.1, 0.15) is 0 Å². The summed E-state index contributed by atoms with van der Waals surface area (Å²) in [6.45, 7) is 2.75. The highest BCUT2D eigenvalue weighted by atomic mass is 79.9. The van der Waals surface area contributed by atoms with Crippen molar-refractivity contribution in [3.63, 3.8) is 0 Å². The molecule has 1 aromatic carbocycles. The molecule has 0 aliphatic heterocycles. The van der Waals surface area contributed by atoms with Gasteiger partial charge in [-0.25, -0.2) is 0 Å². The maximum absolute atomic E-state index is 12.7. The van der Waals surface area contributed by atoms with Crippen LogP contribution in [0.3, 0.4) is 0 Å². The summed E-state index contributed by atoms with van der Waals surface area (Å²) in [6, 6.07) is 6.29. The van der Waals surface area contributed by atoms with E-state index in [2.05, 4.69) is 15.9 Å². The lowest BCUT2D eigenvalue weighted by molar-refractivity contribution is 0.0580. The van der Waals surface area contributed by atoms with Crippen molar-refractivity contribution in [1.82, 2.24) is 4.90 Å². The van der Waals surface area contributed by atoms with E-state index in [0.29, 0.717) is 11.9 Å². The highest BCUT2D eigenvalue weighted by Crippen LogP contribution is 2.27. The van der Waals surface area contributed by atoms with Gasteiger partial charge in [-0.2, -0.15) is 0 Å².